The monoisotopic (exact) mass is 364 g/mol. The maximum Gasteiger partial charge on any atom is 0.320 e. The lowest BCUT2D eigenvalue weighted by atomic mass is 10.2. The summed E-state index contributed by atoms with van der Waals surface area (Å²) in [5.74, 6) is 0.413. The predicted molar refractivity (Wildman–Crippen MR) is 85.3 cm³/mol. The molecule has 0 saturated heterocycles. The number of aromatic nitrogens is 1. The molecule has 1 heterocycles. The first-order valence-corrected chi connectivity index (χ1v) is 8.03. The molecule has 1 atom stereocenters. The van der Waals surface area contributed by atoms with Crippen LogP contribution in [0.3, 0.4) is 0 Å². The number of halogens is 1. The Hall–Kier alpha value is -1.66. The lowest BCUT2D eigenvalue weighted by Crippen LogP contribution is -2.40. The van der Waals surface area contributed by atoms with Crippen LogP contribution in [0.25, 0.3) is 11.3 Å². The van der Waals surface area contributed by atoms with E-state index in [1.807, 2.05) is 29.2 Å². The van der Waals surface area contributed by atoms with Gasteiger partial charge in [-0.1, -0.05) is 34.1 Å². The van der Waals surface area contributed by atoms with Crippen molar-refractivity contribution < 1.29 is 14.3 Å². The number of hydrogen-bond donors (Lipinski definition) is 1. The maximum atomic E-state index is 11.2. The third kappa shape index (κ3) is 3.23. The van der Waals surface area contributed by atoms with Crippen LogP contribution in [0.2, 0.25) is 0 Å². The fourth-order valence-corrected chi connectivity index (χ4v) is 2.94. The van der Waals surface area contributed by atoms with Crippen LogP contribution in [0.1, 0.15) is 25.7 Å². The normalized spacial score (nSPS) is 16.0. The molecule has 1 unspecified atom stereocenters. The summed E-state index contributed by atoms with van der Waals surface area (Å²) in [5, 5.41) is 9.23. The van der Waals surface area contributed by atoms with E-state index >= 15 is 0 Å². The molecule has 1 saturated carbocycles. The van der Waals surface area contributed by atoms with Crippen molar-refractivity contribution in [3.05, 3.63) is 40.8 Å². The van der Waals surface area contributed by atoms with Crippen molar-refractivity contribution in [2.45, 2.75) is 38.4 Å². The molecule has 0 aliphatic heterocycles. The minimum absolute atomic E-state index is 0.324. The molecular weight excluding hydrogens is 348 g/mol. The number of carboxylic acid groups (broad SMARTS) is 1. The molecule has 0 bridgehead atoms. The van der Waals surface area contributed by atoms with E-state index < -0.39 is 12.0 Å². The summed E-state index contributed by atoms with van der Waals surface area (Å²) in [4.78, 5) is 17.5. The van der Waals surface area contributed by atoms with Crippen LogP contribution in [-0.2, 0) is 11.3 Å². The summed E-state index contributed by atoms with van der Waals surface area (Å²) in [7, 11) is 0. The van der Waals surface area contributed by atoms with Gasteiger partial charge in [-0.2, -0.15) is 0 Å². The van der Waals surface area contributed by atoms with Crippen LogP contribution in [0, 0.1) is 0 Å². The van der Waals surface area contributed by atoms with E-state index in [1.54, 1.807) is 13.1 Å². The fraction of sp³-hybridized carbons (Fsp3) is 0.375. The molecular formula is C16H17BrN2O3. The lowest BCUT2D eigenvalue weighted by Gasteiger charge is -2.24. The maximum absolute atomic E-state index is 11.2. The lowest BCUT2D eigenvalue weighted by molar-refractivity contribution is -0.143. The van der Waals surface area contributed by atoms with Crippen LogP contribution >= 0.6 is 15.9 Å². The van der Waals surface area contributed by atoms with Crippen molar-refractivity contribution in [1.29, 1.82) is 0 Å². The molecule has 1 N–H and O–H groups in total. The van der Waals surface area contributed by atoms with Gasteiger partial charge in [-0.05, 0) is 25.8 Å². The molecule has 116 valence electrons. The zero-order valence-electron chi connectivity index (χ0n) is 12.2. The number of carbonyl (C=O) groups is 1. The molecule has 1 aromatic heterocycles. The van der Waals surface area contributed by atoms with E-state index in [0.29, 0.717) is 24.2 Å². The standard InChI is InChI=1S/C16H17BrN2O3/c1-10(16(20)21)19(11-6-7-11)9-15-18-8-14(22-15)12-4-2-3-5-13(12)17/h2-5,8,10-11H,6-7,9H2,1H3,(H,20,21). The average molecular weight is 365 g/mol. The molecule has 1 aliphatic carbocycles. The predicted octanol–water partition coefficient (Wildman–Crippen LogP) is 3.54. The van der Waals surface area contributed by atoms with Crippen molar-refractivity contribution in [3.63, 3.8) is 0 Å². The van der Waals surface area contributed by atoms with Crippen molar-refractivity contribution in [3.8, 4) is 11.3 Å². The van der Waals surface area contributed by atoms with Gasteiger partial charge in [0.05, 0.1) is 12.7 Å². The highest BCUT2D eigenvalue weighted by atomic mass is 79.9. The summed E-state index contributed by atoms with van der Waals surface area (Å²) in [6.07, 6.45) is 3.76. The smallest absolute Gasteiger partial charge is 0.320 e. The number of rotatable bonds is 6. The summed E-state index contributed by atoms with van der Waals surface area (Å²) in [6.45, 7) is 2.13. The largest absolute Gasteiger partial charge is 0.480 e. The number of benzene rings is 1. The average Bonchev–Trinajstić information content (AvgIpc) is 3.23. The first-order chi connectivity index (χ1) is 10.6. The fourth-order valence-electron chi connectivity index (χ4n) is 2.46. The highest BCUT2D eigenvalue weighted by molar-refractivity contribution is 9.10. The van der Waals surface area contributed by atoms with Gasteiger partial charge in [-0.3, -0.25) is 9.69 Å². The molecule has 0 radical (unpaired) electrons. The molecule has 1 aliphatic rings. The quantitative estimate of drug-likeness (QED) is 0.848. The zero-order valence-corrected chi connectivity index (χ0v) is 13.8. The molecule has 2 aromatic rings. The van der Waals surface area contributed by atoms with E-state index in [-0.39, 0.29) is 0 Å². The Balaban J connectivity index is 1.79. The topological polar surface area (TPSA) is 66.6 Å². The Kier molecular flexibility index (Phi) is 4.31. The highest BCUT2D eigenvalue weighted by Gasteiger charge is 2.35. The van der Waals surface area contributed by atoms with Crippen molar-refractivity contribution in [1.82, 2.24) is 9.88 Å². The van der Waals surface area contributed by atoms with Gasteiger partial charge in [0, 0.05) is 16.1 Å². The molecule has 1 aromatic carbocycles. The minimum atomic E-state index is -0.815. The molecule has 1 fully saturated rings. The number of carboxylic acids is 1. The van der Waals surface area contributed by atoms with Gasteiger partial charge >= 0.3 is 5.97 Å². The number of oxazole rings is 1. The summed E-state index contributed by atoms with van der Waals surface area (Å²) >= 11 is 3.49. The van der Waals surface area contributed by atoms with Gasteiger partial charge in [0.15, 0.2) is 5.76 Å². The summed E-state index contributed by atoms with van der Waals surface area (Å²) in [6, 6.07) is 7.56. The van der Waals surface area contributed by atoms with Gasteiger partial charge in [-0.25, -0.2) is 4.98 Å². The van der Waals surface area contributed by atoms with Gasteiger partial charge in [0.25, 0.3) is 0 Å². The van der Waals surface area contributed by atoms with Crippen LogP contribution in [0.4, 0.5) is 0 Å². The Morgan fingerprint density at radius 3 is 2.86 bits per heavy atom. The first kappa shape index (κ1) is 15.2. The van der Waals surface area contributed by atoms with Gasteiger partial charge in [0.1, 0.15) is 6.04 Å². The Morgan fingerprint density at radius 1 is 1.50 bits per heavy atom. The van der Waals surface area contributed by atoms with Gasteiger partial charge in [-0.15, -0.1) is 0 Å². The molecule has 0 spiro atoms. The van der Waals surface area contributed by atoms with Crippen LogP contribution in [0.5, 0.6) is 0 Å². The highest BCUT2D eigenvalue weighted by Crippen LogP contribution is 2.32. The number of hydrogen-bond acceptors (Lipinski definition) is 4. The van der Waals surface area contributed by atoms with Gasteiger partial charge < -0.3 is 9.52 Å². The minimum Gasteiger partial charge on any atom is -0.480 e. The Labute approximate surface area is 137 Å². The van der Waals surface area contributed by atoms with E-state index in [2.05, 4.69) is 20.9 Å². The molecule has 22 heavy (non-hydrogen) atoms. The Bertz CT molecular complexity index is 682. The first-order valence-electron chi connectivity index (χ1n) is 7.24. The van der Waals surface area contributed by atoms with Gasteiger partial charge in [0.2, 0.25) is 5.89 Å². The van der Waals surface area contributed by atoms with Crippen molar-refractivity contribution in [2.24, 2.45) is 0 Å². The molecule has 3 rings (SSSR count). The van der Waals surface area contributed by atoms with Crippen LogP contribution in [-0.4, -0.2) is 33.0 Å². The van der Waals surface area contributed by atoms with Crippen molar-refractivity contribution in [2.75, 3.05) is 0 Å². The second-order valence-electron chi connectivity index (χ2n) is 5.52. The van der Waals surface area contributed by atoms with Crippen LogP contribution in [0.15, 0.2) is 39.4 Å². The Morgan fingerprint density at radius 2 is 2.23 bits per heavy atom. The van der Waals surface area contributed by atoms with E-state index in [4.69, 9.17) is 4.42 Å². The summed E-state index contributed by atoms with van der Waals surface area (Å²) < 4.78 is 6.75. The SMILES string of the molecule is CC(C(=O)O)N(Cc1ncc(-c2ccccc2Br)o1)C1CC1. The van der Waals surface area contributed by atoms with Crippen molar-refractivity contribution >= 4 is 21.9 Å². The van der Waals surface area contributed by atoms with E-state index in [9.17, 15) is 9.90 Å². The summed E-state index contributed by atoms with van der Waals surface area (Å²) in [5.41, 5.74) is 0.936. The third-order valence-electron chi connectivity index (χ3n) is 3.88. The second-order valence-corrected chi connectivity index (χ2v) is 6.37. The number of aliphatic carboxylic acids is 1. The van der Waals surface area contributed by atoms with Crippen LogP contribution < -0.4 is 0 Å². The molecule has 6 heteroatoms. The second kappa shape index (κ2) is 6.22. The number of nitrogens with zero attached hydrogens (tertiary/aromatic N) is 2. The third-order valence-corrected chi connectivity index (χ3v) is 4.57. The zero-order chi connectivity index (χ0) is 15.7. The molecule has 5 nitrogen and oxygen atoms in total. The van der Waals surface area contributed by atoms with E-state index in [1.165, 1.54) is 0 Å². The molecule has 0 amide bonds. The van der Waals surface area contributed by atoms with E-state index in [0.717, 1.165) is 22.9 Å².